The largest absolute Gasteiger partial charge is 0.430 e. The van der Waals surface area contributed by atoms with Crippen molar-refractivity contribution < 1.29 is 35.8 Å². The number of benzene rings is 1. The fourth-order valence-corrected chi connectivity index (χ4v) is 1.33. The van der Waals surface area contributed by atoms with Gasteiger partial charge in [0.2, 0.25) is 0 Å². The molecule has 1 aromatic rings. The van der Waals surface area contributed by atoms with Gasteiger partial charge in [0, 0.05) is 5.56 Å². The number of alkyl halides is 6. The third kappa shape index (κ3) is 2.26. The predicted molar refractivity (Wildman–Crippen MR) is 47.4 cm³/mol. The summed E-state index contributed by atoms with van der Waals surface area (Å²) in [5, 5.41) is 8.25. The van der Waals surface area contributed by atoms with E-state index < -0.39 is 34.4 Å². The van der Waals surface area contributed by atoms with Gasteiger partial charge in [-0.1, -0.05) is 17.7 Å². The van der Waals surface area contributed by atoms with Crippen molar-refractivity contribution in [1.29, 1.82) is 0 Å². The Morgan fingerprint density at radius 1 is 0.944 bits per heavy atom. The van der Waals surface area contributed by atoms with Crippen LogP contribution < -0.4 is 0 Å². The maximum Gasteiger partial charge on any atom is 0.430 e. The first-order valence-electron chi connectivity index (χ1n) is 4.22. The smallest absolute Gasteiger partial charge is 0.369 e. The van der Waals surface area contributed by atoms with Crippen molar-refractivity contribution in [3.63, 3.8) is 0 Å². The molecule has 0 fully saturated rings. The monoisotopic (exact) mass is 296 g/mol. The van der Waals surface area contributed by atoms with Crippen LogP contribution in [-0.4, -0.2) is 17.5 Å². The Kier molecular flexibility index (Phi) is 3.57. The van der Waals surface area contributed by atoms with E-state index in [-0.39, 0.29) is 12.1 Å². The molecule has 0 heterocycles. The first kappa shape index (κ1) is 15.0. The molecule has 0 saturated heterocycles. The van der Waals surface area contributed by atoms with Gasteiger partial charge in [-0.2, -0.15) is 26.3 Å². The van der Waals surface area contributed by atoms with Crippen LogP contribution in [0.5, 0.6) is 0 Å². The minimum atomic E-state index is -6.05. The highest BCUT2D eigenvalue weighted by molar-refractivity contribution is 6.30. The number of aliphatic hydroxyl groups is 1. The van der Waals surface area contributed by atoms with E-state index in [1.807, 2.05) is 0 Å². The van der Waals surface area contributed by atoms with Crippen LogP contribution in [0.4, 0.5) is 30.7 Å². The van der Waals surface area contributed by atoms with Crippen molar-refractivity contribution in [3.8, 4) is 0 Å². The van der Waals surface area contributed by atoms with E-state index in [2.05, 4.69) is 0 Å². The van der Waals surface area contributed by atoms with E-state index in [0.29, 0.717) is 6.07 Å². The van der Waals surface area contributed by atoms with E-state index >= 15 is 0 Å². The summed E-state index contributed by atoms with van der Waals surface area (Å²) < 4.78 is 87.3. The molecule has 0 bridgehead atoms. The molecule has 1 aromatic carbocycles. The Labute approximate surface area is 101 Å². The van der Waals surface area contributed by atoms with Crippen LogP contribution >= 0.6 is 11.6 Å². The molecule has 1 N–H and O–H groups in total. The zero-order valence-corrected chi connectivity index (χ0v) is 8.96. The molecule has 0 unspecified atom stereocenters. The van der Waals surface area contributed by atoms with Crippen LogP contribution in [0.25, 0.3) is 0 Å². The average Bonchev–Trinajstić information content (AvgIpc) is 2.17. The summed E-state index contributed by atoms with van der Waals surface area (Å²) in [4.78, 5) is 0. The fourth-order valence-electron chi connectivity index (χ4n) is 1.21. The van der Waals surface area contributed by atoms with Gasteiger partial charge >= 0.3 is 12.4 Å². The van der Waals surface area contributed by atoms with E-state index in [1.165, 1.54) is 0 Å². The topological polar surface area (TPSA) is 20.2 Å². The Morgan fingerprint density at radius 2 is 1.39 bits per heavy atom. The molecule has 0 atom stereocenters. The fraction of sp³-hybridized carbons (Fsp3) is 0.333. The van der Waals surface area contributed by atoms with Crippen molar-refractivity contribution in [3.05, 3.63) is 34.6 Å². The Morgan fingerprint density at radius 3 is 1.72 bits per heavy atom. The van der Waals surface area contributed by atoms with Gasteiger partial charge in [-0.15, -0.1) is 0 Å². The van der Waals surface area contributed by atoms with Crippen molar-refractivity contribution in [2.75, 3.05) is 0 Å². The lowest BCUT2D eigenvalue weighted by molar-refractivity contribution is -0.376. The highest BCUT2D eigenvalue weighted by Crippen LogP contribution is 2.50. The normalized spacial score (nSPS) is 13.8. The second kappa shape index (κ2) is 4.27. The maximum absolute atomic E-state index is 12.9. The molecule has 18 heavy (non-hydrogen) atoms. The van der Waals surface area contributed by atoms with E-state index in [9.17, 15) is 30.7 Å². The molecule has 0 spiro atoms. The van der Waals surface area contributed by atoms with Crippen molar-refractivity contribution in [2.24, 2.45) is 0 Å². The summed E-state index contributed by atoms with van der Waals surface area (Å²) in [5.74, 6) is -1.50. The highest BCUT2D eigenvalue weighted by atomic mass is 35.5. The first-order valence-corrected chi connectivity index (χ1v) is 4.60. The quantitative estimate of drug-likeness (QED) is 0.782. The maximum atomic E-state index is 12.9. The summed E-state index contributed by atoms with van der Waals surface area (Å²) in [6.45, 7) is 0. The van der Waals surface area contributed by atoms with Gasteiger partial charge < -0.3 is 5.11 Å². The number of hydrogen-bond donors (Lipinski definition) is 1. The van der Waals surface area contributed by atoms with Gasteiger partial charge in [-0.3, -0.25) is 0 Å². The summed E-state index contributed by atoms with van der Waals surface area (Å²) in [6, 6.07) is 0.643. The predicted octanol–water partition coefficient (Wildman–Crippen LogP) is 3.79. The van der Waals surface area contributed by atoms with Crippen LogP contribution in [0, 0.1) is 5.82 Å². The molecule has 0 radical (unpaired) electrons. The molecule has 0 saturated carbocycles. The van der Waals surface area contributed by atoms with Gasteiger partial charge in [0.15, 0.2) is 0 Å². The molecular formula is C9H4ClF7O. The molecule has 9 heteroatoms. The van der Waals surface area contributed by atoms with Crippen LogP contribution in [-0.2, 0) is 5.60 Å². The number of rotatable bonds is 1. The van der Waals surface area contributed by atoms with Crippen LogP contribution in [0.3, 0.4) is 0 Å². The third-order valence-corrected chi connectivity index (χ3v) is 2.46. The average molecular weight is 297 g/mol. The van der Waals surface area contributed by atoms with Gasteiger partial charge in [-0.05, 0) is 12.1 Å². The second-order valence-electron chi connectivity index (χ2n) is 3.33. The minimum Gasteiger partial charge on any atom is -0.369 e. The molecule has 0 aliphatic heterocycles. The molecule has 1 nitrogen and oxygen atoms in total. The number of halogens is 8. The SMILES string of the molecule is OC(c1ccc(Cl)c(F)c1)(C(F)(F)F)C(F)(F)F. The molecule has 102 valence electrons. The standard InChI is InChI=1S/C9H4ClF7O/c10-5-2-1-4(3-6(5)11)7(18,8(12,13)14)9(15,16)17/h1-3,18H. The Balaban J connectivity index is 3.51. The lowest BCUT2D eigenvalue weighted by atomic mass is 9.92. The van der Waals surface area contributed by atoms with E-state index in [1.54, 1.807) is 0 Å². The molecule has 1 rings (SSSR count). The second-order valence-corrected chi connectivity index (χ2v) is 3.74. The van der Waals surface area contributed by atoms with Gasteiger partial charge in [0.1, 0.15) is 5.82 Å². The summed E-state index contributed by atoms with van der Waals surface area (Å²) in [5.41, 5.74) is -6.84. The lowest BCUT2D eigenvalue weighted by Crippen LogP contribution is -2.53. The van der Waals surface area contributed by atoms with Gasteiger partial charge in [0.05, 0.1) is 5.02 Å². The van der Waals surface area contributed by atoms with Gasteiger partial charge in [-0.25, -0.2) is 4.39 Å². The Bertz CT molecular complexity index is 437. The zero-order chi connectivity index (χ0) is 14.4. The Hall–Kier alpha value is -1.02. The minimum absolute atomic E-state index is 0.108. The summed E-state index contributed by atoms with van der Waals surface area (Å²) in [6.07, 6.45) is -12.1. The molecule has 0 aliphatic rings. The summed E-state index contributed by atoms with van der Waals surface area (Å²) >= 11 is 5.14. The molecular weight excluding hydrogens is 293 g/mol. The molecule has 0 aliphatic carbocycles. The van der Waals surface area contributed by atoms with Crippen molar-refractivity contribution >= 4 is 11.6 Å². The third-order valence-electron chi connectivity index (χ3n) is 2.16. The zero-order valence-electron chi connectivity index (χ0n) is 8.20. The van der Waals surface area contributed by atoms with E-state index in [0.717, 1.165) is 0 Å². The van der Waals surface area contributed by atoms with E-state index in [4.69, 9.17) is 16.7 Å². The molecule has 0 amide bonds. The lowest BCUT2D eigenvalue weighted by Gasteiger charge is -2.32. The van der Waals surface area contributed by atoms with Crippen LogP contribution in [0.15, 0.2) is 18.2 Å². The van der Waals surface area contributed by atoms with Crippen LogP contribution in [0.2, 0.25) is 5.02 Å². The summed E-state index contributed by atoms with van der Waals surface area (Å²) in [7, 11) is 0. The van der Waals surface area contributed by atoms with Crippen LogP contribution in [0.1, 0.15) is 5.56 Å². The van der Waals surface area contributed by atoms with Crippen molar-refractivity contribution in [2.45, 2.75) is 18.0 Å². The number of hydrogen-bond acceptors (Lipinski definition) is 1. The van der Waals surface area contributed by atoms with Crippen molar-refractivity contribution in [1.82, 2.24) is 0 Å². The molecule has 0 aromatic heterocycles. The highest BCUT2D eigenvalue weighted by Gasteiger charge is 2.71. The van der Waals surface area contributed by atoms with Gasteiger partial charge in [0.25, 0.3) is 5.60 Å². The first-order chi connectivity index (χ1) is 7.91.